The van der Waals surface area contributed by atoms with E-state index >= 15 is 0 Å². The zero-order chi connectivity index (χ0) is 20.2. The molecule has 1 saturated heterocycles. The van der Waals surface area contributed by atoms with E-state index in [1.165, 1.54) is 24.3 Å². The summed E-state index contributed by atoms with van der Waals surface area (Å²) >= 11 is 0. The van der Waals surface area contributed by atoms with E-state index in [0.29, 0.717) is 38.0 Å². The third-order valence-electron chi connectivity index (χ3n) is 4.75. The van der Waals surface area contributed by atoms with Gasteiger partial charge in [0.1, 0.15) is 0 Å². The predicted molar refractivity (Wildman–Crippen MR) is 106 cm³/mol. The summed E-state index contributed by atoms with van der Waals surface area (Å²) in [5.41, 5.74) is 0.620. The van der Waals surface area contributed by atoms with Gasteiger partial charge in [0, 0.05) is 19.3 Å². The molecular weight excluding hydrogens is 398 g/mol. The fraction of sp³-hybridized carbons (Fsp3) is 0.400. The fourth-order valence-electron chi connectivity index (χ4n) is 3.26. The summed E-state index contributed by atoms with van der Waals surface area (Å²) in [7, 11) is -7.65. The molecule has 1 aliphatic heterocycles. The van der Waals surface area contributed by atoms with Crippen molar-refractivity contribution in [2.24, 2.45) is 0 Å². The summed E-state index contributed by atoms with van der Waals surface area (Å²) < 4.78 is 60.0. The van der Waals surface area contributed by atoms with Crippen molar-refractivity contribution in [2.45, 2.75) is 53.3 Å². The van der Waals surface area contributed by atoms with E-state index in [4.69, 9.17) is 4.74 Å². The van der Waals surface area contributed by atoms with Crippen LogP contribution in [0.15, 0.2) is 63.2 Å². The molecule has 0 atom stereocenters. The van der Waals surface area contributed by atoms with E-state index in [-0.39, 0.29) is 20.7 Å². The first-order valence-electron chi connectivity index (χ1n) is 9.38. The van der Waals surface area contributed by atoms with Crippen molar-refractivity contribution in [1.82, 2.24) is 4.72 Å². The predicted octanol–water partition coefficient (Wildman–Crippen LogP) is 2.93. The van der Waals surface area contributed by atoms with Crippen LogP contribution in [0.5, 0.6) is 0 Å². The van der Waals surface area contributed by atoms with Gasteiger partial charge >= 0.3 is 0 Å². The first kappa shape index (κ1) is 21.0. The van der Waals surface area contributed by atoms with Crippen molar-refractivity contribution in [3.63, 3.8) is 0 Å². The molecule has 2 aromatic carbocycles. The van der Waals surface area contributed by atoms with Crippen molar-refractivity contribution >= 4 is 19.9 Å². The summed E-state index contributed by atoms with van der Waals surface area (Å²) in [4.78, 5) is 0.155. The lowest BCUT2D eigenvalue weighted by molar-refractivity contribution is 0.0832. The molecule has 0 spiro atoms. The van der Waals surface area contributed by atoms with E-state index in [1.54, 1.807) is 24.3 Å². The Morgan fingerprint density at radius 3 is 2.29 bits per heavy atom. The number of ether oxygens (including phenoxy) is 1. The number of rotatable bonds is 7. The maximum atomic E-state index is 13.1. The first-order valence-corrected chi connectivity index (χ1v) is 12.3. The molecule has 3 rings (SSSR count). The standard InChI is InChI=1S/C20H25NO5S2/c1-2-6-16-9-10-19(27(22,23)18-7-4-3-5-8-18)15-20(16)28(24,25)21-17-11-13-26-14-12-17/h3-5,7-10,15,17,21H,2,6,11-14H2,1H3. The zero-order valence-electron chi connectivity index (χ0n) is 15.8. The van der Waals surface area contributed by atoms with E-state index in [2.05, 4.69) is 4.72 Å². The van der Waals surface area contributed by atoms with E-state index in [0.717, 1.165) is 6.42 Å². The monoisotopic (exact) mass is 423 g/mol. The summed E-state index contributed by atoms with van der Waals surface area (Å²) in [5, 5.41) is 0. The van der Waals surface area contributed by atoms with Crippen molar-refractivity contribution in [2.75, 3.05) is 13.2 Å². The molecule has 28 heavy (non-hydrogen) atoms. The quantitative estimate of drug-likeness (QED) is 0.740. The SMILES string of the molecule is CCCc1ccc(S(=O)(=O)c2ccccc2)cc1S(=O)(=O)NC1CCOCC1. The fourth-order valence-corrected chi connectivity index (χ4v) is 6.24. The van der Waals surface area contributed by atoms with Crippen LogP contribution >= 0.6 is 0 Å². The summed E-state index contributed by atoms with van der Waals surface area (Å²) in [5.74, 6) is 0. The molecule has 0 bridgehead atoms. The van der Waals surface area contributed by atoms with Gasteiger partial charge in [0.15, 0.2) is 0 Å². The van der Waals surface area contributed by atoms with Crippen LogP contribution in [-0.4, -0.2) is 36.1 Å². The molecule has 1 N–H and O–H groups in total. The minimum atomic E-state index is -3.85. The second kappa shape index (κ2) is 8.73. The lowest BCUT2D eigenvalue weighted by Gasteiger charge is -2.23. The average molecular weight is 424 g/mol. The Morgan fingerprint density at radius 2 is 1.64 bits per heavy atom. The Morgan fingerprint density at radius 1 is 0.964 bits per heavy atom. The molecule has 1 heterocycles. The molecule has 0 aromatic heterocycles. The first-order chi connectivity index (χ1) is 13.3. The largest absolute Gasteiger partial charge is 0.381 e. The molecule has 0 amide bonds. The third-order valence-corrected chi connectivity index (χ3v) is 8.12. The highest BCUT2D eigenvalue weighted by Crippen LogP contribution is 2.27. The van der Waals surface area contributed by atoms with Crippen molar-refractivity contribution < 1.29 is 21.6 Å². The number of nitrogens with one attached hydrogen (secondary N) is 1. The minimum absolute atomic E-state index is 0.0223. The molecule has 8 heteroatoms. The van der Waals surface area contributed by atoms with Crippen LogP contribution in [0.1, 0.15) is 31.7 Å². The van der Waals surface area contributed by atoms with E-state index in [9.17, 15) is 16.8 Å². The highest BCUT2D eigenvalue weighted by Gasteiger charge is 2.27. The summed E-state index contributed by atoms with van der Waals surface area (Å²) in [6, 6.07) is 12.2. The van der Waals surface area contributed by atoms with E-state index < -0.39 is 19.9 Å². The Labute approximate surface area is 166 Å². The molecule has 0 saturated carbocycles. The highest BCUT2D eigenvalue weighted by atomic mass is 32.2. The molecule has 152 valence electrons. The van der Waals surface area contributed by atoms with Crippen LogP contribution in [0, 0.1) is 0 Å². The lowest BCUT2D eigenvalue weighted by atomic mass is 10.1. The second-order valence-corrected chi connectivity index (χ2v) is 10.5. The molecule has 0 unspecified atom stereocenters. The van der Waals surface area contributed by atoms with Gasteiger partial charge in [-0.25, -0.2) is 21.6 Å². The maximum Gasteiger partial charge on any atom is 0.241 e. The van der Waals surface area contributed by atoms with Crippen LogP contribution in [0.4, 0.5) is 0 Å². The third kappa shape index (κ3) is 4.63. The summed E-state index contributed by atoms with van der Waals surface area (Å²) in [6.45, 7) is 2.98. The second-order valence-electron chi connectivity index (χ2n) is 6.84. The van der Waals surface area contributed by atoms with Crippen LogP contribution in [0.25, 0.3) is 0 Å². The van der Waals surface area contributed by atoms with Gasteiger partial charge in [-0.05, 0) is 49.1 Å². The van der Waals surface area contributed by atoms with Gasteiger partial charge in [-0.1, -0.05) is 37.6 Å². The Bertz CT molecular complexity index is 1010. The Kier molecular flexibility index (Phi) is 6.54. The van der Waals surface area contributed by atoms with Gasteiger partial charge in [-0.2, -0.15) is 0 Å². The Hall–Kier alpha value is -1.74. The topological polar surface area (TPSA) is 89.5 Å². The van der Waals surface area contributed by atoms with Crippen LogP contribution < -0.4 is 4.72 Å². The molecule has 1 aliphatic rings. The van der Waals surface area contributed by atoms with Crippen molar-refractivity contribution in [1.29, 1.82) is 0 Å². The van der Waals surface area contributed by atoms with Crippen molar-refractivity contribution in [3.05, 3.63) is 54.1 Å². The number of aryl methyl sites for hydroxylation is 1. The normalized spacial score (nSPS) is 16.2. The van der Waals surface area contributed by atoms with E-state index in [1.807, 2.05) is 6.92 Å². The molecular formula is C20H25NO5S2. The molecule has 0 radical (unpaired) electrons. The zero-order valence-corrected chi connectivity index (χ0v) is 17.4. The maximum absolute atomic E-state index is 13.1. The van der Waals surface area contributed by atoms with Crippen LogP contribution in [0.3, 0.4) is 0 Å². The molecule has 1 fully saturated rings. The molecule has 6 nitrogen and oxygen atoms in total. The smallest absolute Gasteiger partial charge is 0.241 e. The van der Waals surface area contributed by atoms with Gasteiger partial charge in [-0.3, -0.25) is 0 Å². The number of hydrogen-bond donors (Lipinski definition) is 1. The number of benzene rings is 2. The van der Waals surface area contributed by atoms with Gasteiger partial charge < -0.3 is 4.74 Å². The van der Waals surface area contributed by atoms with Gasteiger partial charge in [0.25, 0.3) is 0 Å². The Balaban J connectivity index is 2.02. The van der Waals surface area contributed by atoms with Gasteiger partial charge in [0.05, 0.1) is 14.7 Å². The van der Waals surface area contributed by atoms with Gasteiger partial charge in [0.2, 0.25) is 19.9 Å². The number of sulfonamides is 1. The van der Waals surface area contributed by atoms with Gasteiger partial charge in [-0.15, -0.1) is 0 Å². The number of hydrogen-bond acceptors (Lipinski definition) is 5. The average Bonchev–Trinajstić information content (AvgIpc) is 2.69. The van der Waals surface area contributed by atoms with Crippen LogP contribution in [-0.2, 0) is 31.0 Å². The lowest BCUT2D eigenvalue weighted by Crippen LogP contribution is -2.39. The summed E-state index contributed by atoms with van der Waals surface area (Å²) in [6.07, 6.45) is 2.51. The number of sulfone groups is 1. The minimum Gasteiger partial charge on any atom is -0.381 e. The van der Waals surface area contributed by atoms with Crippen LogP contribution in [0.2, 0.25) is 0 Å². The highest BCUT2D eigenvalue weighted by molar-refractivity contribution is 7.91. The van der Waals surface area contributed by atoms with Crippen molar-refractivity contribution in [3.8, 4) is 0 Å². The molecule has 2 aromatic rings. The molecule has 0 aliphatic carbocycles.